The van der Waals surface area contributed by atoms with Gasteiger partial charge >= 0.3 is 5.97 Å². The van der Waals surface area contributed by atoms with E-state index in [9.17, 15) is 13.2 Å². The summed E-state index contributed by atoms with van der Waals surface area (Å²) >= 11 is 0. The standard InChI is InChI=1S/C15H12N2O4S/c1-21-15(18)12-4-8-14(9-5-12)22(19,20)17-13-6-2-11(10-16)3-7-13/h2-9,17H,1H3. The molecule has 0 spiro atoms. The lowest BCUT2D eigenvalue weighted by atomic mass is 10.2. The highest BCUT2D eigenvalue weighted by Crippen LogP contribution is 2.17. The number of ether oxygens (including phenoxy) is 1. The van der Waals surface area contributed by atoms with Gasteiger partial charge in [-0.05, 0) is 48.5 Å². The normalized spacial score (nSPS) is 10.5. The van der Waals surface area contributed by atoms with Gasteiger partial charge in [0, 0.05) is 5.69 Å². The van der Waals surface area contributed by atoms with Crippen LogP contribution >= 0.6 is 0 Å². The van der Waals surface area contributed by atoms with Gasteiger partial charge in [0.1, 0.15) is 0 Å². The van der Waals surface area contributed by atoms with Crippen molar-refractivity contribution < 1.29 is 17.9 Å². The topological polar surface area (TPSA) is 96.3 Å². The number of hydrogen-bond donors (Lipinski definition) is 1. The smallest absolute Gasteiger partial charge is 0.337 e. The number of nitrogens with zero attached hydrogens (tertiary/aromatic N) is 1. The van der Waals surface area contributed by atoms with Crippen LogP contribution in [0.25, 0.3) is 0 Å². The maximum atomic E-state index is 12.2. The summed E-state index contributed by atoms with van der Waals surface area (Å²) in [6, 6.07) is 13.4. The Hall–Kier alpha value is -2.85. The Bertz CT molecular complexity index is 819. The number of rotatable bonds is 4. The number of methoxy groups -OCH3 is 1. The molecule has 0 bridgehead atoms. The molecule has 0 radical (unpaired) electrons. The highest BCUT2D eigenvalue weighted by molar-refractivity contribution is 7.92. The molecule has 0 atom stereocenters. The Morgan fingerprint density at radius 3 is 2.18 bits per heavy atom. The number of hydrogen-bond acceptors (Lipinski definition) is 5. The summed E-state index contributed by atoms with van der Waals surface area (Å²) in [7, 11) is -2.52. The van der Waals surface area contributed by atoms with Gasteiger partial charge in [-0.3, -0.25) is 4.72 Å². The molecule has 0 amide bonds. The second kappa shape index (κ2) is 6.28. The first-order chi connectivity index (χ1) is 10.5. The van der Waals surface area contributed by atoms with E-state index in [1.807, 2.05) is 6.07 Å². The molecule has 22 heavy (non-hydrogen) atoms. The SMILES string of the molecule is COC(=O)c1ccc(S(=O)(=O)Nc2ccc(C#N)cc2)cc1. The number of nitriles is 1. The molecular weight excluding hydrogens is 304 g/mol. The zero-order chi connectivity index (χ0) is 16.2. The lowest BCUT2D eigenvalue weighted by Crippen LogP contribution is -2.13. The quantitative estimate of drug-likeness (QED) is 0.872. The van der Waals surface area contributed by atoms with Gasteiger partial charge in [0.2, 0.25) is 0 Å². The Labute approximate surface area is 128 Å². The fraction of sp³-hybridized carbons (Fsp3) is 0.0667. The van der Waals surface area contributed by atoms with Crippen molar-refractivity contribution in [3.8, 4) is 6.07 Å². The molecule has 0 fully saturated rings. The van der Waals surface area contributed by atoms with E-state index < -0.39 is 16.0 Å². The van der Waals surface area contributed by atoms with Gasteiger partial charge in [-0.1, -0.05) is 0 Å². The van der Waals surface area contributed by atoms with Crippen molar-refractivity contribution >= 4 is 21.7 Å². The Morgan fingerprint density at radius 2 is 1.68 bits per heavy atom. The predicted molar refractivity (Wildman–Crippen MR) is 79.7 cm³/mol. The number of carbonyl (C=O) groups is 1. The van der Waals surface area contributed by atoms with Crippen LogP contribution in [0.15, 0.2) is 53.4 Å². The molecule has 1 N–H and O–H groups in total. The van der Waals surface area contributed by atoms with Crippen LogP contribution in [0.2, 0.25) is 0 Å². The molecule has 0 unspecified atom stereocenters. The van der Waals surface area contributed by atoms with Crippen LogP contribution in [0, 0.1) is 11.3 Å². The molecule has 112 valence electrons. The minimum Gasteiger partial charge on any atom is -0.465 e. The zero-order valence-electron chi connectivity index (χ0n) is 11.6. The zero-order valence-corrected chi connectivity index (χ0v) is 12.4. The molecule has 0 saturated heterocycles. The van der Waals surface area contributed by atoms with Crippen molar-refractivity contribution in [1.82, 2.24) is 0 Å². The summed E-state index contributed by atoms with van der Waals surface area (Å²) < 4.78 is 31.4. The molecule has 7 heteroatoms. The van der Waals surface area contributed by atoms with Crippen molar-refractivity contribution in [3.05, 3.63) is 59.7 Å². The fourth-order valence-electron chi connectivity index (χ4n) is 1.71. The molecular formula is C15H12N2O4S. The largest absolute Gasteiger partial charge is 0.465 e. The van der Waals surface area contributed by atoms with Gasteiger partial charge in [-0.2, -0.15) is 5.26 Å². The van der Waals surface area contributed by atoms with Crippen molar-refractivity contribution in [2.45, 2.75) is 4.90 Å². The number of esters is 1. The lowest BCUT2D eigenvalue weighted by molar-refractivity contribution is 0.0600. The first-order valence-corrected chi connectivity index (χ1v) is 7.66. The van der Waals surface area contributed by atoms with Crippen LogP contribution in [0.1, 0.15) is 15.9 Å². The Morgan fingerprint density at radius 1 is 1.09 bits per heavy atom. The molecule has 2 rings (SSSR count). The maximum Gasteiger partial charge on any atom is 0.337 e. The van der Waals surface area contributed by atoms with Gasteiger partial charge in [0.25, 0.3) is 10.0 Å². The van der Waals surface area contributed by atoms with Crippen molar-refractivity contribution in [2.75, 3.05) is 11.8 Å². The van der Waals surface area contributed by atoms with E-state index in [1.165, 1.54) is 55.6 Å². The average Bonchev–Trinajstić information content (AvgIpc) is 2.54. The number of sulfonamides is 1. The highest BCUT2D eigenvalue weighted by atomic mass is 32.2. The molecule has 0 heterocycles. The first-order valence-electron chi connectivity index (χ1n) is 6.17. The van der Waals surface area contributed by atoms with Crippen LogP contribution in [0.4, 0.5) is 5.69 Å². The minimum atomic E-state index is -3.77. The van der Waals surface area contributed by atoms with Gasteiger partial charge in [-0.15, -0.1) is 0 Å². The van der Waals surface area contributed by atoms with Crippen LogP contribution in [0.3, 0.4) is 0 Å². The van der Waals surface area contributed by atoms with Crippen LogP contribution < -0.4 is 4.72 Å². The lowest BCUT2D eigenvalue weighted by Gasteiger charge is -2.08. The van der Waals surface area contributed by atoms with Crippen LogP contribution in [0.5, 0.6) is 0 Å². The third-order valence-corrected chi connectivity index (χ3v) is 4.25. The van der Waals surface area contributed by atoms with E-state index in [-0.39, 0.29) is 10.5 Å². The summed E-state index contributed by atoms with van der Waals surface area (Å²) in [5, 5.41) is 8.70. The van der Waals surface area contributed by atoms with E-state index in [0.29, 0.717) is 11.3 Å². The van der Waals surface area contributed by atoms with Gasteiger partial charge in [-0.25, -0.2) is 13.2 Å². The minimum absolute atomic E-state index is 0.0181. The molecule has 0 aromatic heterocycles. The summed E-state index contributed by atoms with van der Waals surface area (Å²) in [6.45, 7) is 0. The van der Waals surface area contributed by atoms with Gasteiger partial charge in [0.05, 0.1) is 29.2 Å². The van der Waals surface area contributed by atoms with E-state index in [0.717, 1.165) is 0 Å². The second-order valence-corrected chi connectivity index (χ2v) is 5.99. The second-order valence-electron chi connectivity index (χ2n) is 4.31. The van der Waals surface area contributed by atoms with Crippen LogP contribution in [-0.2, 0) is 14.8 Å². The number of anilines is 1. The summed E-state index contributed by atoms with van der Waals surface area (Å²) in [5.74, 6) is -0.538. The molecule has 0 aliphatic rings. The van der Waals surface area contributed by atoms with E-state index in [4.69, 9.17) is 5.26 Å². The monoisotopic (exact) mass is 316 g/mol. The van der Waals surface area contributed by atoms with Gasteiger partial charge < -0.3 is 4.74 Å². The van der Waals surface area contributed by atoms with Crippen molar-refractivity contribution in [2.24, 2.45) is 0 Å². The van der Waals surface area contributed by atoms with E-state index in [2.05, 4.69) is 9.46 Å². The van der Waals surface area contributed by atoms with Gasteiger partial charge in [0.15, 0.2) is 0 Å². The summed E-state index contributed by atoms with van der Waals surface area (Å²) in [6.07, 6.45) is 0. The van der Waals surface area contributed by atoms with E-state index >= 15 is 0 Å². The van der Waals surface area contributed by atoms with Crippen LogP contribution in [-0.4, -0.2) is 21.5 Å². The highest BCUT2D eigenvalue weighted by Gasteiger charge is 2.15. The summed E-state index contributed by atoms with van der Waals surface area (Å²) in [5.41, 5.74) is 1.04. The molecule has 2 aromatic carbocycles. The molecule has 6 nitrogen and oxygen atoms in total. The fourth-order valence-corrected chi connectivity index (χ4v) is 2.77. The first kappa shape index (κ1) is 15.5. The van der Waals surface area contributed by atoms with E-state index in [1.54, 1.807) is 0 Å². The Kier molecular flexibility index (Phi) is 4.44. The molecule has 2 aromatic rings. The maximum absolute atomic E-state index is 12.2. The third-order valence-electron chi connectivity index (χ3n) is 2.85. The average molecular weight is 316 g/mol. The van der Waals surface area contributed by atoms with Crippen molar-refractivity contribution in [3.63, 3.8) is 0 Å². The molecule has 0 aliphatic heterocycles. The number of carbonyl (C=O) groups excluding carboxylic acids is 1. The molecule has 0 saturated carbocycles. The molecule has 0 aliphatic carbocycles. The summed E-state index contributed by atoms with van der Waals surface area (Å²) in [4.78, 5) is 11.3. The third kappa shape index (κ3) is 3.42. The predicted octanol–water partition coefficient (Wildman–Crippen LogP) is 2.15. The number of benzene rings is 2. The number of nitrogens with one attached hydrogen (secondary N) is 1. The van der Waals surface area contributed by atoms with Crippen molar-refractivity contribution in [1.29, 1.82) is 5.26 Å². The Balaban J connectivity index is 2.22.